The molecule has 0 atom stereocenters. The van der Waals surface area contributed by atoms with Crippen LogP contribution in [0.15, 0.2) is 18.2 Å². The Labute approximate surface area is 97.6 Å². The minimum absolute atomic E-state index is 0.834. The highest BCUT2D eigenvalue weighted by Crippen LogP contribution is 2.31. The molecule has 0 aliphatic carbocycles. The molecule has 1 aromatic rings. The lowest BCUT2D eigenvalue weighted by atomic mass is 10.1. The van der Waals surface area contributed by atoms with Crippen molar-refractivity contribution < 1.29 is 4.74 Å². The molecule has 1 aliphatic heterocycles. The van der Waals surface area contributed by atoms with Crippen LogP contribution >= 0.6 is 0 Å². The third-order valence-electron chi connectivity index (χ3n) is 3.02. The van der Waals surface area contributed by atoms with Crippen LogP contribution in [0.2, 0.25) is 0 Å². The predicted octanol–water partition coefficient (Wildman–Crippen LogP) is 1.90. The van der Waals surface area contributed by atoms with Gasteiger partial charge in [-0.25, -0.2) is 0 Å². The molecular formula is C13H20N2O. The van der Waals surface area contributed by atoms with Gasteiger partial charge in [0.05, 0.1) is 24.6 Å². The zero-order chi connectivity index (χ0) is 11.5. The number of aryl methyl sites for hydroxylation is 1. The van der Waals surface area contributed by atoms with E-state index < -0.39 is 0 Å². The van der Waals surface area contributed by atoms with Gasteiger partial charge in [-0.15, -0.1) is 0 Å². The third kappa shape index (κ3) is 2.14. The van der Waals surface area contributed by atoms with Gasteiger partial charge in [-0.1, -0.05) is 12.1 Å². The van der Waals surface area contributed by atoms with Crippen LogP contribution < -0.4 is 9.80 Å². The summed E-state index contributed by atoms with van der Waals surface area (Å²) in [6.07, 6.45) is 0. The second-order valence-electron chi connectivity index (χ2n) is 4.44. The van der Waals surface area contributed by atoms with Crippen molar-refractivity contribution >= 4 is 11.4 Å². The molecular weight excluding hydrogens is 200 g/mol. The largest absolute Gasteiger partial charge is 0.378 e. The average molecular weight is 220 g/mol. The van der Waals surface area contributed by atoms with E-state index in [1.54, 1.807) is 0 Å². The molecule has 1 fully saturated rings. The summed E-state index contributed by atoms with van der Waals surface area (Å²) in [5, 5.41) is 0. The predicted molar refractivity (Wildman–Crippen MR) is 68.5 cm³/mol. The van der Waals surface area contributed by atoms with E-state index in [2.05, 4.69) is 49.0 Å². The summed E-state index contributed by atoms with van der Waals surface area (Å²) >= 11 is 0. The van der Waals surface area contributed by atoms with Crippen LogP contribution in [0.25, 0.3) is 0 Å². The van der Waals surface area contributed by atoms with Crippen LogP contribution in [0.4, 0.5) is 11.4 Å². The number of benzene rings is 1. The Balaban J connectivity index is 2.34. The highest BCUT2D eigenvalue weighted by molar-refractivity contribution is 5.74. The normalized spacial score (nSPS) is 16.3. The maximum absolute atomic E-state index is 5.40. The van der Waals surface area contributed by atoms with Crippen molar-refractivity contribution in [2.45, 2.75) is 6.92 Å². The number of hydrogen-bond donors (Lipinski definition) is 0. The van der Waals surface area contributed by atoms with Crippen molar-refractivity contribution in [1.82, 2.24) is 0 Å². The summed E-state index contributed by atoms with van der Waals surface area (Å²) in [6.45, 7) is 5.81. The highest BCUT2D eigenvalue weighted by atomic mass is 16.5. The first-order valence-corrected chi connectivity index (χ1v) is 5.80. The van der Waals surface area contributed by atoms with Crippen molar-refractivity contribution in [3.63, 3.8) is 0 Å². The maximum Gasteiger partial charge on any atom is 0.0642 e. The Hall–Kier alpha value is -1.22. The summed E-state index contributed by atoms with van der Waals surface area (Å²) in [6, 6.07) is 6.50. The van der Waals surface area contributed by atoms with Crippen LogP contribution in [0.1, 0.15) is 5.56 Å². The van der Waals surface area contributed by atoms with E-state index >= 15 is 0 Å². The van der Waals surface area contributed by atoms with Gasteiger partial charge in [-0.05, 0) is 18.6 Å². The average Bonchev–Trinajstić information content (AvgIpc) is 2.29. The van der Waals surface area contributed by atoms with Gasteiger partial charge in [-0.2, -0.15) is 0 Å². The van der Waals surface area contributed by atoms with Crippen molar-refractivity contribution in [3.05, 3.63) is 23.8 Å². The Morgan fingerprint density at radius 1 is 1.19 bits per heavy atom. The molecule has 3 nitrogen and oxygen atoms in total. The van der Waals surface area contributed by atoms with E-state index in [9.17, 15) is 0 Å². The Morgan fingerprint density at radius 3 is 2.50 bits per heavy atom. The molecule has 0 bridgehead atoms. The molecule has 16 heavy (non-hydrogen) atoms. The van der Waals surface area contributed by atoms with Gasteiger partial charge in [0.15, 0.2) is 0 Å². The van der Waals surface area contributed by atoms with E-state index in [0.717, 1.165) is 26.3 Å². The lowest BCUT2D eigenvalue weighted by Crippen LogP contribution is -2.37. The number of anilines is 2. The van der Waals surface area contributed by atoms with Gasteiger partial charge in [0, 0.05) is 27.2 Å². The topological polar surface area (TPSA) is 15.7 Å². The lowest BCUT2D eigenvalue weighted by Gasteiger charge is -2.32. The van der Waals surface area contributed by atoms with E-state index in [4.69, 9.17) is 4.74 Å². The standard InChI is InChI=1S/C13H20N2O/c1-11-5-4-6-12(13(11)14(2)3)15-7-9-16-10-8-15/h4-6H,7-10H2,1-3H3. The molecule has 0 aromatic heterocycles. The number of ether oxygens (including phenoxy) is 1. The molecule has 1 aromatic carbocycles. The van der Waals surface area contributed by atoms with Crippen molar-refractivity contribution in [3.8, 4) is 0 Å². The van der Waals surface area contributed by atoms with Gasteiger partial charge >= 0.3 is 0 Å². The van der Waals surface area contributed by atoms with Crippen molar-refractivity contribution in [2.75, 3.05) is 50.2 Å². The second-order valence-corrected chi connectivity index (χ2v) is 4.44. The summed E-state index contributed by atoms with van der Waals surface area (Å²) in [5.41, 5.74) is 3.98. The Morgan fingerprint density at radius 2 is 1.88 bits per heavy atom. The van der Waals surface area contributed by atoms with E-state index in [1.807, 2.05) is 0 Å². The molecule has 0 unspecified atom stereocenters. The minimum Gasteiger partial charge on any atom is -0.378 e. The number of hydrogen-bond acceptors (Lipinski definition) is 3. The SMILES string of the molecule is Cc1cccc(N2CCOCC2)c1N(C)C. The van der Waals surface area contributed by atoms with E-state index in [1.165, 1.54) is 16.9 Å². The first-order chi connectivity index (χ1) is 7.70. The first-order valence-electron chi connectivity index (χ1n) is 5.80. The zero-order valence-electron chi connectivity index (χ0n) is 10.4. The zero-order valence-corrected chi connectivity index (χ0v) is 10.4. The molecule has 2 rings (SSSR count). The molecule has 1 heterocycles. The number of para-hydroxylation sites is 1. The van der Waals surface area contributed by atoms with E-state index in [0.29, 0.717) is 0 Å². The molecule has 3 heteroatoms. The molecule has 0 amide bonds. The molecule has 0 N–H and O–H groups in total. The molecule has 0 radical (unpaired) electrons. The van der Waals surface area contributed by atoms with Crippen LogP contribution in [-0.2, 0) is 4.74 Å². The Bertz CT molecular complexity index is 357. The van der Waals surface area contributed by atoms with Crippen molar-refractivity contribution in [1.29, 1.82) is 0 Å². The van der Waals surface area contributed by atoms with Crippen LogP contribution in [0.5, 0.6) is 0 Å². The fourth-order valence-corrected chi connectivity index (χ4v) is 2.28. The van der Waals surface area contributed by atoms with E-state index in [-0.39, 0.29) is 0 Å². The van der Waals surface area contributed by atoms with Crippen LogP contribution in [0.3, 0.4) is 0 Å². The quantitative estimate of drug-likeness (QED) is 0.757. The first kappa shape index (κ1) is 11.3. The highest BCUT2D eigenvalue weighted by Gasteiger charge is 2.16. The van der Waals surface area contributed by atoms with Gasteiger partial charge in [0.25, 0.3) is 0 Å². The molecule has 1 saturated heterocycles. The van der Waals surface area contributed by atoms with Gasteiger partial charge in [-0.3, -0.25) is 0 Å². The van der Waals surface area contributed by atoms with Crippen LogP contribution in [0, 0.1) is 6.92 Å². The van der Waals surface area contributed by atoms with Gasteiger partial charge in [0.1, 0.15) is 0 Å². The summed E-state index contributed by atoms with van der Waals surface area (Å²) in [5.74, 6) is 0. The Kier molecular flexibility index (Phi) is 3.34. The maximum atomic E-state index is 5.40. The molecule has 0 saturated carbocycles. The van der Waals surface area contributed by atoms with Crippen LogP contribution in [-0.4, -0.2) is 40.4 Å². The van der Waals surface area contributed by atoms with Crippen molar-refractivity contribution in [2.24, 2.45) is 0 Å². The second kappa shape index (κ2) is 4.74. The lowest BCUT2D eigenvalue weighted by molar-refractivity contribution is 0.122. The molecule has 88 valence electrons. The minimum atomic E-state index is 0.834. The molecule has 1 aliphatic rings. The van der Waals surface area contributed by atoms with Gasteiger partial charge < -0.3 is 14.5 Å². The fraction of sp³-hybridized carbons (Fsp3) is 0.538. The third-order valence-corrected chi connectivity index (χ3v) is 3.02. The summed E-state index contributed by atoms with van der Waals surface area (Å²) < 4.78 is 5.40. The summed E-state index contributed by atoms with van der Waals surface area (Å²) in [4.78, 5) is 4.60. The molecule has 0 spiro atoms. The number of morpholine rings is 1. The monoisotopic (exact) mass is 220 g/mol. The number of nitrogens with zero attached hydrogens (tertiary/aromatic N) is 2. The van der Waals surface area contributed by atoms with Gasteiger partial charge in [0.2, 0.25) is 0 Å². The smallest absolute Gasteiger partial charge is 0.0642 e. The fourth-order valence-electron chi connectivity index (χ4n) is 2.28. The number of rotatable bonds is 2. The summed E-state index contributed by atoms with van der Waals surface area (Å²) in [7, 11) is 4.21.